The number of hydrogen-bond acceptors (Lipinski definition) is 2. The SMILES string of the molecule is Cc1nc2cc(N(C)C(N)=O)ccc2n1C. The van der Waals surface area contributed by atoms with E-state index in [1.165, 1.54) is 4.90 Å². The molecule has 0 saturated heterocycles. The summed E-state index contributed by atoms with van der Waals surface area (Å²) in [4.78, 5) is 16.8. The second kappa shape index (κ2) is 3.52. The van der Waals surface area contributed by atoms with E-state index in [1.54, 1.807) is 7.05 Å². The Hall–Kier alpha value is -2.04. The average molecular weight is 218 g/mol. The van der Waals surface area contributed by atoms with E-state index in [4.69, 9.17) is 5.73 Å². The number of imidazole rings is 1. The van der Waals surface area contributed by atoms with Gasteiger partial charge in [0.2, 0.25) is 0 Å². The first-order valence-corrected chi connectivity index (χ1v) is 4.97. The lowest BCUT2D eigenvalue weighted by atomic mass is 10.2. The van der Waals surface area contributed by atoms with Crippen molar-refractivity contribution in [2.75, 3.05) is 11.9 Å². The van der Waals surface area contributed by atoms with Crippen LogP contribution in [0.3, 0.4) is 0 Å². The van der Waals surface area contributed by atoms with Crippen LogP contribution in [0.2, 0.25) is 0 Å². The summed E-state index contributed by atoms with van der Waals surface area (Å²) >= 11 is 0. The van der Waals surface area contributed by atoms with Gasteiger partial charge >= 0.3 is 6.03 Å². The number of aromatic nitrogens is 2. The van der Waals surface area contributed by atoms with Gasteiger partial charge in [0.05, 0.1) is 11.0 Å². The number of aryl methyl sites for hydroxylation is 2. The number of nitrogens with two attached hydrogens (primary N) is 1. The number of primary amides is 1. The summed E-state index contributed by atoms with van der Waals surface area (Å²) in [6, 6.07) is 5.16. The Bertz CT molecular complexity index is 558. The molecule has 0 aliphatic rings. The molecular formula is C11H14N4O. The van der Waals surface area contributed by atoms with Crippen molar-refractivity contribution in [2.45, 2.75) is 6.92 Å². The maximum absolute atomic E-state index is 11.0. The largest absolute Gasteiger partial charge is 0.351 e. The predicted molar refractivity (Wildman–Crippen MR) is 63.4 cm³/mol. The second-order valence-electron chi connectivity index (χ2n) is 3.79. The highest BCUT2D eigenvalue weighted by Crippen LogP contribution is 2.21. The van der Waals surface area contributed by atoms with Gasteiger partial charge in [-0.25, -0.2) is 9.78 Å². The van der Waals surface area contributed by atoms with Crippen LogP contribution in [0.25, 0.3) is 11.0 Å². The fraction of sp³-hybridized carbons (Fsp3) is 0.273. The van der Waals surface area contributed by atoms with Crippen LogP contribution in [0.5, 0.6) is 0 Å². The van der Waals surface area contributed by atoms with Crippen LogP contribution in [0.1, 0.15) is 5.82 Å². The van der Waals surface area contributed by atoms with Gasteiger partial charge in [-0.15, -0.1) is 0 Å². The molecule has 1 aromatic carbocycles. The van der Waals surface area contributed by atoms with Crippen molar-refractivity contribution in [1.29, 1.82) is 0 Å². The van der Waals surface area contributed by atoms with Gasteiger partial charge in [-0.1, -0.05) is 0 Å². The summed E-state index contributed by atoms with van der Waals surface area (Å²) in [6.07, 6.45) is 0. The van der Waals surface area contributed by atoms with Crippen molar-refractivity contribution < 1.29 is 4.79 Å². The molecule has 5 nitrogen and oxygen atoms in total. The molecule has 2 rings (SSSR count). The van der Waals surface area contributed by atoms with E-state index in [0.717, 1.165) is 22.5 Å². The molecule has 2 N–H and O–H groups in total. The molecule has 5 heteroatoms. The molecule has 2 amide bonds. The Morgan fingerprint density at radius 1 is 1.50 bits per heavy atom. The quantitative estimate of drug-likeness (QED) is 0.786. The summed E-state index contributed by atoms with van der Waals surface area (Å²) in [7, 11) is 3.60. The molecule has 16 heavy (non-hydrogen) atoms. The van der Waals surface area contributed by atoms with Crippen molar-refractivity contribution in [2.24, 2.45) is 12.8 Å². The van der Waals surface area contributed by atoms with Crippen molar-refractivity contribution in [3.63, 3.8) is 0 Å². The lowest BCUT2D eigenvalue weighted by molar-refractivity contribution is 0.255. The van der Waals surface area contributed by atoms with Crippen LogP contribution in [0.4, 0.5) is 10.5 Å². The predicted octanol–water partition coefficient (Wildman–Crippen LogP) is 1.40. The lowest BCUT2D eigenvalue weighted by Gasteiger charge is -2.13. The van der Waals surface area contributed by atoms with Crippen LogP contribution in [-0.2, 0) is 7.05 Å². The number of urea groups is 1. The van der Waals surface area contributed by atoms with Crippen LogP contribution in [-0.4, -0.2) is 22.6 Å². The maximum Gasteiger partial charge on any atom is 0.318 e. The molecule has 2 aromatic rings. The minimum Gasteiger partial charge on any atom is -0.351 e. The third-order valence-corrected chi connectivity index (χ3v) is 2.81. The van der Waals surface area contributed by atoms with Gasteiger partial charge in [-0.05, 0) is 25.1 Å². The normalized spacial score (nSPS) is 10.7. The van der Waals surface area contributed by atoms with Crippen LogP contribution in [0, 0.1) is 6.92 Å². The van der Waals surface area contributed by atoms with Gasteiger partial charge in [0.15, 0.2) is 0 Å². The number of carbonyl (C=O) groups is 1. The van der Waals surface area contributed by atoms with Gasteiger partial charge < -0.3 is 10.3 Å². The fourth-order valence-electron chi connectivity index (χ4n) is 1.64. The van der Waals surface area contributed by atoms with Crippen molar-refractivity contribution in [3.05, 3.63) is 24.0 Å². The van der Waals surface area contributed by atoms with Crippen molar-refractivity contribution in [1.82, 2.24) is 9.55 Å². The summed E-state index contributed by atoms with van der Waals surface area (Å²) < 4.78 is 2.00. The number of nitrogens with zero attached hydrogens (tertiary/aromatic N) is 3. The first kappa shape index (κ1) is 10.5. The Kier molecular flexibility index (Phi) is 2.30. The lowest BCUT2D eigenvalue weighted by Crippen LogP contribution is -2.31. The van der Waals surface area contributed by atoms with Crippen molar-refractivity contribution >= 4 is 22.8 Å². The molecule has 0 saturated carbocycles. The average Bonchev–Trinajstić information content (AvgIpc) is 2.53. The topological polar surface area (TPSA) is 64.2 Å². The number of rotatable bonds is 1. The maximum atomic E-state index is 11.0. The minimum atomic E-state index is -0.480. The Labute approximate surface area is 93.5 Å². The molecular weight excluding hydrogens is 204 g/mol. The first-order valence-electron chi connectivity index (χ1n) is 4.97. The summed E-state index contributed by atoms with van der Waals surface area (Å²) in [5.74, 6) is 0.939. The zero-order valence-corrected chi connectivity index (χ0v) is 9.56. The van der Waals surface area contributed by atoms with Crippen molar-refractivity contribution in [3.8, 4) is 0 Å². The zero-order chi connectivity index (χ0) is 11.9. The highest BCUT2D eigenvalue weighted by Gasteiger charge is 2.09. The number of fused-ring (bicyclic) bond motifs is 1. The van der Waals surface area contributed by atoms with Crippen LogP contribution < -0.4 is 10.6 Å². The Balaban J connectivity index is 2.56. The van der Waals surface area contributed by atoms with Crippen LogP contribution in [0.15, 0.2) is 18.2 Å². The molecule has 0 atom stereocenters. The zero-order valence-electron chi connectivity index (χ0n) is 9.56. The third kappa shape index (κ3) is 1.50. The van der Waals surface area contributed by atoms with Gasteiger partial charge in [0.1, 0.15) is 5.82 Å². The Morgan fingerprint density at radius 3 is 2.81 bits per heavy atom. The number of amides is 2. The number of carbonyl (C=O) groups excluding carboxylic acids is 1. The second-order valence-corrected chi connectivity index (χ2v) is 3.79. The summed E-state index contributed by atoms with van der Waals surface area (Å²) in [5.41, 5.74) is 7.86. The number of benzene rings is 1. The van der Waals surface area contributed by atoms with E-state index in [9.17, 15) is 4.79 Å². The first-order chi connectivity index (χ1) is 7.50. The molecule has 0 aliphatic carbocycles. The van der Waals surface area contributed by atoms with E-state index in [1.807, 2.05) is 36.7 Å². The summed E-state index contributed by atoms with van der Waals surface area (Å²) in [6.45, 7) is 1.94. The highest BCUT2D eigenvalue weighted by atomic mass is 16.2. The molecule has 1 heterocycles. The van der Waals surface area contributed by atoms with E-state index < -0.39 is 6.03 Å². The highest BCUT2D eigenvalue weighted by molar-refractivity contribution is 5.92. The number of hydrogen-bond donors (Lipinski definition) is 1. The third-order valence-electron chi connectivity index (χ3n) is 2.81. The van der Waals surface area contributed by atoms with E-state index in [2.05, 4.69) is 4.98 Å². The molecule has 0 aliphatic heterocycles. The molecule has 0 radical (unpaired) electrons. The molecule has 0 spiro atoms. The Morgan fingerprint density at radius 2 is 2.19 bits per heavy atom. The molecule has 0 fully saturated rings. The smallest absolute Gasteiger partial charge is 0.318 e. The van der Waals surface area contributed by atoms with Crippen LogP contribution >= 0.6 is 0 Å². The van der Waals surface area contributed by atoms with E-state index >= 15 is 0 Å². The van der Waals surface area contributed by atoms with Gasteiger partial charge in [-0.3, -0.25) is 4.90 Å². The molecule has 0 bridgehead atoms. The minimum absolute atomic E-state index is 0.480. The van der Waals surface area contributed by atoms with Gasteiger partial charge in [0, 0.05) is 19.8 Å². The standard InChI is InChI=1S/C11H14N4O/c1-7-13-9-6-8(15(3)11(12)16)4-5-10(9)14(7)2/h4-6H,1-3H3,(H2,12,16). The monoisotopic (exact) mass is 218 g/mol. The molecule has 84 valence electrons. The number of anilines is 1. The summed E-state index contributed by atoms with van der Waals surface area (Å²) in [5, 5.41) is 0. The molecule has 1 aromatic heterocycles. The molecule has 0 unspecified atom stereocenters. The van der Waals surface area contributed by atoms with Gasteiger partial charge in [-0.2, -0.15) is 0 Å². The van der Waals surface area contributed by atoms with Gasteiger partial charge in [0.25, 0.3) is 0 Å². The van der Waals surface area contributed by atoms with E-state index in [-0.39, 0.29) is 0 Å². The fourth-order valence-corrected chi connectivity index (χ4v) is 1.64. The van der Waals surface area contributed by atoms with E-state index in [0.29, 0.717) is 0 Å².